The van der Waals surface area contributed by atoms with Crippen molar-refractivity contribution >= 4 is 0 Å². The number of rotatable bonds is 4. The molecule has 0 aromatic heterocycles. The summed E-state index contributed by atoms with van der Waals surface area (Å²) in [5.74, 6) is 0. The van der Waals surface area contributed by atoms with Crippen molar-refractivity contribution in [1.82, 2.24) is 0 Å². The molecule has 0 atom stereocenters. The van der Waals surface area contributed by atoms with Crippen LogP contribution in [0, 0.1) is 0 Å². The zero-order valence-electron chi connectivity index (χ0n) is 5.95. The summed E-state index contributed by atoms with van der Waals surface area (Å²) < 4.78 is 38.5. The minimum absolute atomic E-state index is 0.129. The lowest BCUT2D eigenvalue weighted by molar-refractivity contribution is -0.171. The molecule has 0 heterocycles. The number of halogens is 3. The van der Waals surface area contributed by atoms with Gasteiger partial charge in [-0.1, -0.05) is 6.58 Å². The van der Waals surface area contributed by atoms with E-state index in [9.17, 15) is 13.2 Å². The maximum absolute atomic E-state index is 11.4. The molecule has 0 aromatic carbocycles. The third-order valence-corrected chi connectivity index (χ3v) is 0.861. The molecule has 0 unspecified atom stereocenters. The highest BCUT2D eigenvalue weighted by Gasteiger charge is 2.27. The van der Waals surface area contributed by atoms with Crippen LogP contribution in [-0.2, 0) is 4.74 Å². The van der Waals surface area contributed by atoms with Gasteiger partial charge in [-0.3, -0.25) is 0 Å². The minimum Gasteiger partial charge on any atom is -0.368 e. The maximum Gasteiger partial charge on any atom is 0.411 e. The first-order valence-corrected chi connectivity index (χ1v) is 2.97. The van der Waals surface area contributed by atoms with Crippen LogP contribution in [0.3, 0.4) is 0 Å². The molecule has 0 aliphatic heterocycles. The largest absolute Gasteiger partial charge is 0.411 e. The molecule has 11 heavy (non-hydrogen) atoms. The van der Waals surface area contributed by atoms with Gasteiger partial charge in [-0.2, -0.15) is 13.2 Å². The van der Waals surface area contributed by atoms with Gasteiger partial charge in [-0.05, 0) is 5.57 Å². The van der Waals surface area contributed by atoms with Gasteiger partial charge < -0.3 is 10.5 Å². The van der Waals surface area contributed by atoms with Crippen molar-refractivity contribution < 1.29 is 17.9 Å². The van der Waals surface area contributed by atoms with Crippen molar-refractivity contribution in [3.8, 4) is 0 Å². The number of hydrogen-bond acceptors (Lipinski definition) is 2. The molecule has 66 valence electrons. The summed E-state index contributed by atoms with van der Waals surface area (Å²) in [6.07, 6.45) is -4.27. The molecular weight excluding hydrogens is 159 g/mol. The van der Waals surface area contributed by atoms with Gasteiger partial charge in [0.05, 0.1) is 6.61 Å². The Morgan fingerprint density at radius 1 is 1.45 bits per heavy atom. The third-order valence-electron chi connectivity index (χ3n) is 0.861. The molecule has 0 spiro atoms. The van der Waals surface area contributed by atoms with Gasteiger partial charge in [-0.15, -0.1) is 0 Å². The van der Waals surface area contributed by atoms with Crippen molar-refractivity contribution in [2.75, 3.05) is 19.8 Å². The van der Waals surface area contributed by atoms with E-state index in [0.29, 0.717) is 5.57 Å². The van der Waals surface area contributed by atoms with E-state index in [4.69, 9.17) is 5.73 Å². The van der Waals surface area contributed by atoms with Crippen LogP contribution in [0.5, 0.6) is 0 Å². The number of alkyl halides is 3. The van der Waals surface area contributed by atoms with Gasteiger partial charge in [0.2, 0.25) is 0 Å². The van der Waals surface area contributed by atoms with Gasteiger partial charge in [0.15, 0.2) is 0 Å². The highest BCUT2D eigenvalue weighted by atomic mass is 19.4. The molecule has 0 fully saturated rings. The minimum atomic E-state index is -4.27. The smallest absolute Gasteiger partial charge is 0.368 e. The number of ether oxygens (including phenoxy) is 1. The summed E-state index contributed by atoms with van der Waals surface area (Å²) in [6.45, 7) is 2.15. The van der Waals surface area contributed by atoms with Crippen molar-refractivity contribution in [2.45, 2.75) is 6.18 Å². The second-order valence-electron chi connectivity index (χ2n) is 2.06. The van der Waals surface area contributed by atoms with Crippen LogP contribution in [0.4, 0.5) is 13.2 Å². The predicted molar refractivity (Wildman–Crippen MR) is 35.1 cm³/mol. The van der Waals surface area contributed by atoms with Crippen LogP contribution in [0.2, 0.25) is 0 Å². The Balaban J connectivity index is 3.35. The van der Waals surface area contributed by atoms with E-state index in [2.05, 4.69) is 11.3 Å². The Morgan fingerprint density at radius 3 is 2.36 bits per heavy atom. The third kappa shape index (κ3) is 7.35. The molecule has 2 N–H and O–H groups in total. The Bertz CT molecular complexity index is 132. The molecule has 0 bridgehead atoms. The van der Waals surface area contributed by atoms with Gasteiger partial charge in [-0.25, -0.2) is 0 Å². The standard InChI is InChI=1S/C6H10F3NO/c1-5(2-10)3-11-4-6(7,8)9/h1-4,10H2. The normalized spacial score (nSPS) is 11.6. The Labute approximate surface area is 62.8 Å². The molecule has 0 amide bonds. The lowest BCUT2D eigenvalue weighted by Crippen LogP contribution is -2.19. The molecule has 0 rings (SSSR count). The molecule has 0 radical (unpaired) electrons. The van der Waals surface area contributed by atoms with Crippen LogP contribution in [0.25, 0.3) is 0 Å². The van der Waals surface area contributed by atoms with Crippen LogP contribution in [0.15, 0.2) is 12.2 Å². The molecular formula is C6H10F3NO. The van der Waals surface area contributed by atoms with Crippen LogP contribution in [0.1, 0.15) is 0 Å². The number of nitrogens with two attached hydrogens (primary N) is 1. The van der Waals surface area contributed by atoms with E-state index in [1.807, 2.05) is 0 Å². The molecule has 2 nitrogen and oxygen atoms in total. The number of hydrogen-bond donors (Lipinski definition) is 1. The first-order chi connectivity index (χ1) is 4.95. The van der Waals surface area contributed by atoms with Gasteiger partial charge in [0.1, 0.15) is 6.61 Å². The monoisotopic (exact) mass is 169 g/mol. The van der Waals surface area contributed by atoms with E-state index in [1.165, 1.54) is 0 Å². The first kappa shape index (κ1) is 10.4. The van der Waals surface area contributed by atoms with Crippen LogP contribution < -0.4 is 5.73 Å². The summed E-state index contributed by atoms with van der Waals surface area (Å²) in [5, 5.41) is 0. The summed E-state index contributed by atoms with van der Waals surface area (Å²) in [4.78, 5) is 0. The Hall–Kier alpha value is -0.550. The Kier molecular flexibility index (Phi) is 4.14. The summed E-state index contributed by atoms with van der Waals surface area (Å²) in [6, 6.07) is 0. The first-order valence-electron chi connectivity index (χ1n) is 2.97. The molecule has 5 heteroatoms. The molecule has 0 aliphatic carbocycles. The molecule has 0 saturated carbocycles. The lowest BCUT2D eigenvalue weighted by Gasteiger charge is -2.07. The summed E-state index contributed by atoms with van der Waals surface area (Å²) in [5.41, 5.74) is 5.51. The average Bonchev–Trinajstić information content (AvgIpc) is 1.85. The van der Waals surface area contributed by atoms with E-state index in [1.54, 1.807) is 0 Å². The molecule has 0 aliphatic rings. The maximum atomic E-state index is 11.4. The quantitative estimate of drug-likeness (QED) is 0.639. The van der Waals surface area contributed by atoms with Crippen LogP contribution >= 0.6 is 0 Å². The summed E-state index contributed by atoms with van der Waals surface area (Å²) in [7, 11) is 0. The highest BCUT2D eigenvalue weighted by molar-refractivity contribution is 4.95. The highest BCUT2D eigenvalue weighted by Crippen LogP contribution is 2.14. The van der Waals surface area contributed by atoms with Gasteiger partial charge in [0, 0.05) is 6.54 Å². The topological polar surface area (TPSA) is 35.2 Å². The van der Waals surface area contributed by atoms with E-state index in [-0.39, 0.29) is 13.2 Å². The zero-order chi connectivity index (χ0) is 8.91. The fraction of sp³-hybridized carbons (Fsp3) is 0.667. The second-order valence-corrected chi connectivity index (χ2v) is 2.06. The molecule has 0 aromatic rings. The van der Waals surface area contributed by atoms with Crippen molar-refractivity contribution in [3.63, 3.8) is 0 Å². The van der Waals surface area contributed by atoms with Crippen molar-refractivity contribution in [1.29, 1.82) is 0 Å². The average molecular weight is 169 g/mol. The fourth-order valence-corrected chi connectivity index (χ4v) is 0.370. The predicted octanol–water partition coefficient (Wildman–Crippen LogP) is 1.08. The second kappa shape index (κ2) is 4.35. The Morgan fingerprint density at radius 2 is 2.00 bits per heavy atom. The van der Waals surface area contributed by atoms with E-state index >= 15 is 0 Å². The van der Waals surface area contributed by atoms with E-state index < -0.39 is 12.8 Å². The van der Waals surface area contributed by atoms with E-state index in [0.717, 1.165) is 0 Å². The fourth-order valence-electron chi connectivity index (χ4n) is 0.370. The molecule has 0 saturated heterocycles. The van der Waals surface area contributed by atoms with Gasteiger partial charge in [0.25, 0.3) is 0 Å². The SMILES string of the molecule is C=C(CN)COCC(F)(F)F. The van der Waals surface area contributed by atoms with Crippen LogP contribution in [-0.4, -0.2) is 25.9 Å². The van der Waals surface area contributed by atoms with Gasteiger partial charge >= 0.3 is 6.18 Å². The van der Waals surface area contributed by atoms with Crippen molar-refractivity contribution in [3.05, 3.63) is 12.2 Å². The zero-order valence-corrected chi connectivity index (χ0v) is 5.95. The summed E-state index contributed by atoms with van der Waals surface area (Å²) >= 11 is 0. The lowest BCUT2D eigenvalue weighted by atomic mass is 10.3. The van der Waals surface area contributed by atoms with Crippen molar-refractivity contribution in [2.24, 2.45) is 5.73 Å².